The van der Waals surface area contributed by atoms with Crippen molar-refractivity contribution in [3.63, 3.8) is 0 Å². The first kappa shape index (κ1) is 18.2. The SMILES string of the molecule is Cc1cc(C)n2nc(C(=O)N3CC[C@]4(Cc5ccccc5CN4)[C@H](O)C3)nc2n1. The van der Waals surface area contributed by atoms with Crippen LogP contribution in [0.4, 0.5) is 0 Å². The number of amides is 1. The highest BCUT2D eigenvalue weighted by atomic mass is 16.3. The zero-order valence-corrected chi connectivity index (χ0v) is 16.6. The van der Waals surface area contributed by atoms with Gasteiger partial charge in [0.05, 0.1) is 11.6 Å². The lowest BCUT2D eigenvalue weighted by molar-refractivity contribution is -0.0142. The van der Waals surface area contributed by atoms with Crippen LogP contribution < -0.4 is 5.32 Å². The molecule has 2 aliphatic rings. The molecule has 2 aromatic heterocycles. The number of aliphatic hydroxyl groups excluding tert-OH is 1. The number of aliphatic hydroxyl groups is 1. The fraction of sp³-hybridized carbons (Fsp3) is 0.429. The molecule has 8 nitrogen and oxygen atoms in total. The Bertz CT molecular complexity index is 1110. The monoisotopic (exact) mass is 392 g/mol. The van der Waals surface area contributed by atoms with Crippen molar-refractivity contribution < 1.29 is 9.90 Å². The van der Waals surface area contributed by atoms with Crippen LogP contribution in [-0.4, -0.2) is 60.2 Å². The number of carbonyl (C=O) groups is 1. The molecule has 2 atom stereocenters. The molecule has 1 spiro atoms. The lowest BCUT2D eigenvalue weighted by Crippen LogP contribution is -2.65. The van der Waals surface area contributed by atoms with Gasteiger partial charge < -0.3 is 15.3 Å². The standard InChI is InChI=1S/C21H24N6O2/c1-13-9-14(2)27-20(23-13)24-18(25-27)19(29)26-8-7-21(17(28)12-26)10-15-5-3-4-6-16(15)11-22-21/h3-6,9,17,22,28H,7-8,10-12H2,1-2H3/t17-,21+/m1/s1. The van der Waals surface area contributed by atoms with E-state index in [1.54, 1.807) is 9.42 Å². The lowest BCUT2D eigenvalue weighted by Gasteiger charge is -2.48. The molecule has 0 saturated carbocycles. The predicted molar refractivity (Wildman–Crippen MR) is 107 cm³/mol. The van der Waals surface area contributed by atoms with Crippen LogP contribution in [0, 0.1) is 13.8 Å². The van der Waals surface area contributed by atoms with E-state index in [0.29, 0.717) is 18.7 Å². The minimum absolute atomic E-state index is 0.122. The largest absolute Gasteiger partial charge is 0.389 e. The van der Waals surface area contributed by atoms with Crippen molar-refractivity contribution >= 4 is 11.7 Å². The number of carbonyl (C=O) groups excluding carboxylic acids is 1. The van der Waals surface area contributed by atoms with Crippen LogP contribution in [0.1, 0.15) is 39.6 Å². The van der Waals surface area contributed by atoms with E-state index in [4.69, 9.17) is 0 Å². The maximum Gasteiger partial charge on any atom is 0.293 e. The van der Waals surface area contributed by atoms with E-state index in [-0.39, 0.29) is 18.3 Å². The van der Waals surface area contributed by atoms with Gasteiger partial charge >= 0.3 is 0 Å². The Balaban J connectivity index is 1.36. The highest BCUT2D eigenvalue weighted by Crippen LogP contribution is 2.32. The number of aryl methyl sites for hydroxylation is 2. The smallest absolute Gasteiger partial charge is 0.293 e. The number of β-amino-alcohol motifs (C(OH)–C–C–N with tert-alkyl or cyclic N) is 1. The average Bonchev–Trinajstić information content (AvgIpc) is 3.14. The summed E-state index contributed by atoms with van der Waals surface area (Å²) in [6.45, 7) is 5.34. The average molecular weight is 392 g/mol. The zero-order valence-electron chi connectivity index (χ0n) is 16.6. The van der Waals surface area contributed by atoms with E-state index < -0.39 is 11.6 Å². The Morgan fingerprint density at radius 2 is 2.03 bits per heavy atom. The second-order valence-electron chi connectivity index (χ2n) is 8.16. The molecule has 8 heteroatoms. The molecule has 29 heavy (non-hydrogen) atoms. The normalized spacial score (nSPS) is 24.1. The van der Waals surface area contributed by atoms with Crippen molar-refractivity contribution in [2.75, 3.05) is 13.1 Å². The molecule has 0 bridgehead atoms. The Kier molecular flexibility index (Phi) is 4.15. The molecule has 1 saturated heterocycles. The van der Waals surface area contributed by atoms with Crippen molar-refractivity contribution in [3.05, 3.63) is 58.7 Å². The third kappa shape index (κ3) is 2.99. The van der Waals surface area contributed by atoms with E-state index in [9.17, 15) is 9.90 Å². The summed E-state index contributed by atoms with van der Waals surface area (Å²) in [4.78, 5) is 23.3. The summed E-state index contributed by atoms with van der Waals surface area (Å²) in [5.74, 6) is 0.277. The number of fused-ring (bicyclic) bond motifs is 2. The maximum atomic E-state index is 13.0. The summed E-state index contributed by atoms with van der Waals surface area (Å²) in [6.07, 6.45) is 0.784. The van der Waals surface area contributed by atoms with Crippen LogP contribution in [0.5, 0.6) is 0 Å². The predicted octanol–water partition coefficient (Wildman–Crippen LogP) is 1.03. The van der Waals surface area contributed by atoms with Crippen LogP contribution in [0.2, 0.25) is 0 Å². The van der Waals surface area contributed by atoms with Gasteiger partial charge in [0.25, 0.3) is 11.7 Å². The van der Waals surface area contributed by atoms with Gasteiger partial charge in [0, 0.05) is 31.0 Å². The van der Waals surface area contributed by atoms with Gasteiger partial charge in [-0.05, 0) is 43.9 Å². The minimum atomic E-state index is -0.660. The van der Waals surface area contributed by atoms with Gasteiger partial charge in [-0.15, -0.1) is 5.10 Å². The van der Waals surface area contributed by atoms with E-state index in [0.717, 1.165) is 24.4 Å². The first-order chi connectivity index (χ1) is 13.9. The van der Waals surface area contributed by atoms with Gasteiger partial charge in [-0.2, -0.15) is 4.98 Å². The molecule has 1 amide bonds. The van der Waals surface area contributed by atoms with E-state index >= 15 is 0 Å². The number of nitrogens with zero attached hydrogens (tertiary/aromatic N) is 5. The molecular formula is C21H24N6O2. The number of hydrogen-bond acceptors (Lipinski definition) is 6. The van der Waals surface area contributed by atoms with Gasteiger partial charge in [-0.25, -0.2) is 9.50 Å². The number of benzene rings is 1. The Labute approximate surface area is 168 Å². The zero-order chi connectivity index (χ0) is 20.2. The van der Waals surface area contributed by atoms with Crippen LogP contribution in [-0.2, 0) is 13.0 Å². The van der Waals surface area contributed by atoms with Crippen molar-refractivity contribution in [2.45, 2.75) is 44.9 Å². The second kappa shape index (κ2) is 6.60. The number of rotatable bonds is 1. The van der Waals surface area contributed by atoms with Crippen molar-refractivity contribution in [1.82, 2.24) is 29.8 Å². The van der Waals surface area contributed by atoms with Crippen LogP contribution in [0.25, 0.3) is 5.78 Å². The molecule has 150 valence electrons. The first-order valence-electron chi connectivity index (χ1n) is 9.95. The molecule has 1 aromatic carbocycles. The lowest BCUT2D eigenvalue weighted by atomic mass is 9.76. The fourth-order valence-electron chi connectivity index (χ4n) is 4.55. The van der Waals surface area contributed by atoms with Crippen LogP contribution in [0.3, 0.4) is 0 Å². The Morgan fingerprint density at radius 1 is 1.24 bits per heavy atom. The van der Waals surface area contributed by atoms with Crippen molar-refractivity contribution in [2.24, 2.45) is 0 Å². The summed E-state index contributed by atoms with van der Waals surface area (Å²) in [6, 6.07) is 10.2. The van der Waals surface area contributed by atoms with Gasteiger partial charge in [0.2, 0.25) is 5.82 Å². The van der Waals surface area contributed by atoms with Gasteiger partial charge in [-0.1, -0.05) is 24.3 Å². The Morgan fingerprint density at radius 3 is 2.83 bits per heavy atom. The second-order valence-corrected chi connectivity index (χ2v) is 8.16. The minimum Gasteiger partial charge on any atom is -0.389 e. The molecule has 1 fully saturated rings. The molecule has 2 N–H and O–H groups in total. The quantitative estimate of drug-likeness (QED) is 0.642. The van der Waals surface area contributed by atoms with Crippen molar-refractivity contribution in [1.29, 1.82) is 0 Å². The molecule has 2 aliphatic heterocycles. The number of nitrogens with one attached hydrogen (secondary N) is 1. The van der Waals surface area contributed by atoms with Gasteiger partial charge in [0.1, 0.15) is 0 Å². The third-order valence-electron chi connectivity index (χ3n) is 6.21. The fourth-order valence-corrected chi connectivity index (χ4v) is 4.55. The molecule has 3 aromatic rings. The number of piperidine rings is 1. The van der Waals surface area contributed by atoms with Gasteiger partial charge in [0.15, 0.2) is 0 Å². The summed E-state index contributed by atoms with van der Waals surface area (Å²) >= 11 is 0. The molecule has 0 unspecified atom stereocenters. The summed E-state index contributed by atoms with van der Waals surface area (Å²) in [7, 11) is 0. The summed E-state index contributed by atoms with van der Waals surface area (Å²) in [5, 5.41) is 18.9. The van der Waals surface area contributed by atoms with E-state index in [2.05, 4.69) is 32.5 Å². The summed E-state index contributed by atoms with van der Waals surface area (Å²) < 4.78 is 1.59. The Hall–Kier alpha value is -2.84. The topological polar surface area (TPSA) is 95.7 Å². The number of hydrogen-bond donors (Lipinski definition) is 2. The van der Waals surface area contributed by atoms with E-state index in [1.165, 1.54) is 11.1 Å². The highest BCUT2D eigenvalue weighted by Gasteiger charge is 2.45. The molecule has 0 aliphatic carbocycles. The molecule has 5 rings (SSSR count). The van der Waals surface area contributed by atoms with Crippen LogP contribution in [0.15, 0.2) is 30.3 Å². The molecule has 4 heterocycles. The summed E-state index contributed by atoms with van der Waals surface area (Å²) in [5.41, 5.74) is 3.86. The number of aromatic nitrogens is 4. The molecular weight excluding hydrogens is 368 g/mol. The number of likely N-dealkylation sites (tertiary alicyclic amines) is 1. The van der Waals surface area contributed by atoms with E-state index in [1.807, 2.05) is 32.0 Å². The highest BCUT2D eigenvalue weighted by molar-refractivity contribution is 5.91. The van der Waals surface area contributed by atoms with Crippen LogP contribution >= 0.6 is 0 Å². The maximum absolute atomic E-state index is 13.0. The molecule has 0 radical (unpaired) electrons. The van der Waals surface area contributed by atoms with Gasteiger partial charge in [-0.3, -0.25) is 4.79 Å². The first-order valence-corrected chi connectivity index (χ1v) is 9.95. The van der Waals surface area contributed by atoms with Crippen molar-refractivity contribution in [3.8, 4) is 0 Å². The third-order valence-corrected chi connectivity index (χ3v) is 6.21.